The molecule has 19 heavy (non-hydrogen) atoms. The molecule has 0 spiro atoms. The van der Waals surface area contributed by atoms with Crippen molar-refractivity contribution in [1.82, 2.24) is 9.78 Å². The molecule has 2 aromatic rings. The second kappa shape index (κ2) is 5.54. The number of benzene rings is 1. The molecule has 1 atom stereocenters. The highest BCUT2D eigenvalue weighted by molar-refractivity contribution is 9.10. The number of amides is 1. The standard InChI is InChI=1S/C13H15BrN4O/c1-8-10(14)4-3-5-11(8)17-13(19)12(15)9-6-16-18(2)7-9/h3-7,12H,15H2,1-2H3,(H,17,19). The van der Waals surface area contributed by atoms with E-state index in [0.29, 0.717) is 5.56 Å². The fourth-order valence-corrected chi connectivity index (χ4v) is 2.07. The van der Waals surface area contributed by atoms with Gasteiger partial charge in [0.2, 0.25) is 5.91 Å². The highest BCUT2D eigenvalue weighted by Crippen LogP contribution is 2.24. The van der Waals surface area contributed by atoms with Gasteiger partial charge in [-0.2, -0.15) is 5.10 Å². The summed E-state index contributed by atoms with van der Waals surface area (Å²) in [5, 5.41) is 6.84. The molecule has 6 heteroatoms. The van der Waals surface area contributed by atoms with E-state index in [1.807, 2.05) is 25.1 Å². The summed E-state index contributed by atoms with van der Waals surface area (Å²) in [7, 11) is 1.78. The van der Waals surface area contributed by atoms with Crippen LogP contribution in [0.2, 0.25) is 0 Å². The smallest absolute Gasteiger partial charge is 0.246 e. The van der Waals surface area contributed by atoms with Gasteiger partial charge in [-0.25, -0.2) is 0 Å². The number of nitrogens with zero attached hydrogens (tertiary/aromatic N) is 2. The zero-order valence-corrected chi connectivity index (χ0v) is 12.3. The van der Waals surface area contributed by atoms with Gasteiger partial charge in [0.15, 0.2) is 0 Å². The van der Waals surface area contributed by atoms with Crippen LogP contribution in [0.25, 0.3) is 0 Å². The third-order valence-corrected chi connectivity index (χ3v) is 3.75. The minimum Gasteiger partial charge on any atom is -0.324 e. The second-order valence-electron chi connectivity index (χ2n) is 4.33. The zero-order chi connectivity index (χ0) is 14.0. The molecule has 1 aromatic carbocycles. The van der Waals surface area contributed by atoms with Gasteiger partial charge < -0.3 is 11.1 Å². The lowest BCUT2D eigenvalue weighted by molar-refractivity contribution is -0.117. The van der Waals surface area contributed by atoms with E-state index in [-0.39, 0.29) is 5.91 Å². The summed E-state index contributed by atoms with van der Waals surface area (Å²) in [6.07, 6.45) is 3.33. The first-order valence-electron chi connectivity index (χ1n) is 5.79. The average molecular weight is 323 g/mol. The van der Waals surface area contributed by atoms with Gasteiger partial charge in [0, 0.05) is 29.0 Å². The lowest BCUT2D eigenvalue weighted by Gasteiger charge is -2.13. The molecule has 0 saturated carbocycles. The predicted octanol–water partition coefficient (Wildman–Crippen LogP) is 2.13. The Morgan fingerprint density at radius 1 is 1.53 bits per heavy atom. The first kappa shape index (κ1) is 13.8. The number of carbonyl (C=O) groups is 1. The van der Waals surface area contributed by atoms with Crippen LogP contribution < -0.4 is 11.1 Å². The Kier molecular flexibility index (Phi) is 4.01. The van der Waals surface area contributed by atoms with Crippen molar-refractivity contribution in [3.05, 3.63) is 46.2 Å². The Bertz CT molecular complexity index is 608. The minimum atomic E-state index is -0.730. The number of hydrogen-bond acceptors (Lipinski definition) is 3. The number of carbonyl (C=O) groups excluding carboxylic acids is 1. The largest absolute Gasteiger partial charge is 0.324 e. The number of aromatic nitrogens is 2. The molecule has 0 aliphatic rings. The highest BCUT2D eigenvalue weighted by atomic mass is 79.9. The lowest BCUT2D eigenvalue weighted by atomic mass is 10.1. The normalized spacial score (nSPS) is 12.2. The molecule has 3 N–H and O–H groups in total. The topological polar surface area (TPSA) is 72.9 Å². The fraction of sp³-hybridized carbons (Fsp3) is 0.231. The summed E-state index contributed by atoms with van der Waals surface area (Å²) < 4.78 is 2.56. The fourth-order valence-electron chi connectivity index (χ4n) is 1.71. The summed E-state index contributed by atoms with van der Waals surface area (Å²) in [4.78, 5) is 12.1. The SMILES string of the molecule is Cc1c(Br)cccc1NC(=O)C(N)c1cnn(C)c1. The number of rotatable bonds is 3. The van der Waals surface area contributed by atoms with E-state index in [0.717, 1.165) is 15.7 Å². The van der Waals surface area contributed by atoms with Gasteiger partial charge in [0.1, 0.15) is 6.04 Å². The van der Waals surface area contributed by atoms with Crippen molar-refractivity contribution in [2.75, 3.05) is 5.32 Å². The van der Waals surface area contributed by atoms with Gasteiger partial charge in [0.25, 0.3) is 0 Å². The Morgan fingerprint density at radius 3 is 2.89 bits per heavy atom. The van der Waals surface area contributed by atoms with E-state index >= 15 is 0 Å². The molecule has 0 saturated heterocycles. The molecule has 1 amide bonds. The van der Waals surface area contributed by atoms with Gasteiger partial charge in [0.05, 0.1) is 6.20 Å². The summed E-state index contributed by atoms with van der Waals surface area (Å²) in [5.74, 6) is -0.255. The van der Waals surface area contributed by atoms with Crippen LogP contribution in [0.5, 0.6) is 0 Å². The van der Waals surface area contributed by atoms with Crippen molar-refractivity contribution in [2.45, 2.75) is 13.0 Å². The van der Waals surface area contributed by atoms with Crippen LogP contribution in [0.15, 0.2) is 35.1 Å². The molecule has 0 bridgehead atoms. The van der Waals surface area contributed by atoms with E-state index in [9.17, 15) is 4.79 Å². The highest BCUT2D eigenvalue weighted by Gasteiger charge is 2.18. The summed E-state index contributed by atoms with van der Waals surface area (Å²) >= 11 is 3.43. The molecule has 0 aliphatic heterocycles. The van der Waals surface area contributed by atoms with Crippen LogP contribution in [0.4, 0.5) is 5.69 Å². The Labute approximate surface area is 119 Å². The van der Waals surface area contributed by atoms with E-state index in [1.54, 1.807) is 24.1 Å². The van der Waals surface area contributed by atoms with Crippen LogP contribution in [0, 0.1) is 6.92 Å². The third-order valence-electron chi connectivity index (χ3n) is 2.89. The van der Waals surface area contributed by atoms with Crippen LogP contribution in [-0.4, -0.2) is 15.7 Å². The molecule has 0 radical (unpaired) electrons. The van der Waals surface area contributed by atoms with Gasteiger partial charge in [-0.15, -0.1) is 0 Å². The van der Waals surface area contributed by atoms with Gasteiger partial charge in [-0.1, -0.05) is 22.0 Å². The zero-order valence-electron chi connectivity index (χ0n) is 10.7. The molecule has 100 valence electrons. The molecule has 1 aromatic heterocycles. The van der Waals surface area contributed by atoms with Crippen LogP contribution in [-0.2, 0) is 11.8 Å². The number of nitrogens with two attached hydrogens (primary N) is 1. The summed E-state index contributed by atoms with van der Waals surface area (Å²) in [6.45, 7) is 1.93. The molecule has 1 heterocycles. The molecule has 0 aliphatic carbocycles. The number of nitrogens with one attached hydrogen (secondary N) is 1. The number of halogens is 1. The van der Waals surface area contributed by atoms with Crippen LogP contribution in [0.1, 0.15) is 17.2 Å². The average Bonchev–Trinajstić information content (AvgIpc) is 2.80. The number of anilines is 1. The van der Waals surface area contributed by atoms with Crippen molar-refractivity contribution >= 4 is 27.5 Å². The first-order valence-corrected chi connectivity index (χ1v) is 6.58. The Balaban J connectivity index is 2.15. The maximum absolute atomic E-state index is 12.1. The molecule has 2 rings (SSSR count). The molecule has 0 fully saturated rings. The predicted molar refractivity (Wildman–Crippen MR) is 77.6 cm³/mol. The summed E-state index contributed by atoms with van der Waals surface area (Å²) in [6, 6.07) is 4.90. The van der Waals surface area contributed by atoms with Gasteiger partial charge in [-0.05, 0) is 24.6 Å². The third kappa shape index (κ3) is 3.02. The number of hydrogen-bond donors (Lipinski definition) is 2. The molecule has 1 unspecified atom stereocenters. The van der Waals surface area contributed by atoms with Crippen molar-refractivity contribution in [1.29, 1.82) is 0 Å². The first-order chi connectivity index (χ1) is 8.99. The van der Waals surface area contributed by atoms with Crippen LogP contribution in [0.3, 0.4) is 0 Å². The van der Waals surface area contributed by atoms with E-state index in [4.69, 9.17) is 5.73 Å². The quantitative estimate of drug-likeness (QED) is 0.909. The number of aryl methyl sites for hydroxylation is 1. The monoisotopic (exact) mass is 322 g/mol. The molecular formula is C13H15BrN4O. The Morgan fingerprint density at radius 2 is 2.26 bits per heavy atom. The minimum absolute atomic E-state index is 0.255. The van der Waals surface area contributed by atoms with Crippen LogP contribution >= 0.6 is 15.9 Å². The van der Waals surface area contributed by atoms with Gasteiger partial charge in [-0.3, -0.25) is 9.48 Å². The van der Waals surface area contributed by atoms with Crippen molar-refractivity contribution in [3.8, 4) is 0 Å². The molecule has 5 nitrogen and oxygen atoms in total. The molecular weight excluding hydrogens is 308 g/mol. The van der Waals surface area contributed by atoms with Gasteiger partial charge >= 0.3 is 0 Å². The second-order valence-corrected chi connectivity index (χ2v) is 5.18. The maximum atomic E-state index is 12.1. The van der Waals surface area contributed by atoms with Crippen molar-refractivity contribution in [2.24, 2.45) is 12.8 Å². The van der Waals surface area contributed by atoms with Crippen molar-refractivity contribution < 1.29 is 4.79 Å². The summed E-state index contributed by atoms with van der Waals surface area (Å²) in [5.41, 5.74) is 8.31. The van der Waals surface area contributed by atoms with E-state index < -0.39 is 6.04 Å². The maximum Gasteiger partial charge on any atom is 0.246 e. The lowest BCUT2D eigenvalue weighted by Crippen LogP contribution is -2.27. The van der Waals surface area contributed by atoms with E-state index in [2.05, 4.69) is 26.3 Å². The van der Waals surface area contributed by atoms with Crippen molar-refractivity contribution in [3.63, 3.8) is 0 Å². The van der Waals surface area contributed by atoms with E-state index in [1.165, 1.54) is 0 Å². The Hall–Kier alpha value is -1.66.